The molecule has 0 aromatic carbocycles. The molecule has 0 rings (SSSR count). The second kappa shape index (κ2) is 8.29. The van der Waals surface area contributed by atoms with Crippen molar-refractivity contribution in [3.8, 4) is 0 Å². The van der Waals surface area contributed by atoms with E-state index in [0.29, 0.717) is 13.2 Å². The minimum Gasteiger partial charge on any atom is -0.480 e. The molecule has 0 saturated heterocycles. The molecule has 0 aliphatic rings. The molecule has 5 heteroatoms. The van der Waals surface area contributed by atoms with E-state index in [-0.39, 0.29) is 18.3 Å². The lowest BCUT2D eigenvalue weighted by Crippen LogP contribution is -2.42. The van der Waals surface area contributed by atoms with Crippen LogP contribution < -0.4 is 5.32 Å². The molecule has 0 aliphatic carbocycles. The van der Waals surface area contributed by atoms with Gasteiger partial charge in [0.2, 0.25) is 0 Å². The molecule has 2 N–H and O–H groups in total. The van der Waals surface area contributed by atoms with Gasteiger partial charge in [-0.15, -0.1) is 12.4 Å². The Bertz CT molecular complexity index is 141. The van der Waals surface area contributed by atoms with Crippen molar-refractivity contribution in [3.05, 3.63) is 0 Å². The Balaban J connectivity index is 0. The van der Waals surface area contributed by atoms with Crippen LogP contribution in [-0.2, 0) is 9.53 Å². The molecule has 4 nitrogen and oxygen atoms in total. The molecule has 0 heterocycles. The maximum Gasteiger partial charge on any atom is 0.320 e. The quantitative estimate of drug-likeness (QED) is 0.637. The molecule has 0 radical (unpaired) electrons. The van der Waals surface area contributed by atoms with Gasteiger partial charge in [0.05, 0.1) is 6.61 Å². The molecule has 0 bridgehead atoms. The molecule has 13 heavy (non-hydrogen) atoms. The van der Waals surface area contributed by atoms with Crippen molar-refractivity contribution in [1.82, 2.24) is 5.32 Å². The van der Waals surface area contributed by atoms with E-state index in [4.69, 9.17) is 9.84 Å². The molecule has 0 aromatic heterocycles. The number of carbonyl (C=O) groups is 1. The van der Waals surface area contributed by atoms with Crippen molar-refractivity contribution in [2.45, 2.75) is 19.9 Å². The van der Waals surface area contributed by atoms with E-state index in [0.717, 1.165) is 0 Å². The molecule has 0 saturated carbocycles. The Kier molecular flexibility index (Phi) is 9.67. The summed E-state index contributed by atoms with van der Waals surface area (Å²) in [4.78, 5) is 10.6. The fourth-order valence-corrected chi connectivity index (χ4v) is 0.925. The van der Waals surface area contributed by atoms with Crippen LogP contribution in [0.2, 0.25) is 0 Å². The maximum absolute atomic E-state index is 10.6. The number of aliphatic carboxylic acids is 1. The van der Waals surface area contributed by atoms with E-state index < -0.39 is 12.0 Å². The molecular weight excluding hydrogens is 194 g/mol. The summed E-state index contributed by atoms with van der Waals surface area (Å²) < 4.78 is 4.80. The Hall–Kier alpha value is -0.320. The van der Waals surface area contributed by atoms with Gasteiger partial charge in [-0.25, -0.2) is 0 Å². The van der Waals surface area contributed by atoms with Gasteiger partial charge >= 0.3 is 5.97 Å². The fraction of sp³-hybridized carbons (Fsp3) is 0.875. The van der Waals surface area contributed by atoms with Gasteiger partial charge in [0.15, 0.2) is 0 Å². The van der Waals surface area contributed by atoms with Gasteiger partial charge in [-0.1, -0.05) is 13.8 Å². The molecule has 0 aliphatic heterocycles. The van der Waals surface area contributed by atoms with Gasteiger partial charge in [0.1, 0.15) is 6.04 Å². The summed E-state index contributed by atoms with van der Waals surface area (Å²) in [5, 5.41) is 11.6. The van der Waals surface area contributed by atoms with Gasteiger partial charge in [-0.05, 0) is 5.92 Å². The van der Waals surface area contributed by atoms with Crippen LogP contribution in [0, 0.1) is 5.92 Å². The summed E-state index contributed by atoms with van der Waals surface area (Å²) in [5.74, 6) is -0.708. The normalized spacial score (nSPS) is 12.3. The van der Waals surface area contributed by atoms with E-state index in [9.17, 15) is 4.79 Å². The first-order valence-electron chi connectivity index (χ1n) is 4.04. The largest absolute Gasteiger partial charge is 0.480 e. The number of nitrogens with one attached hydrogen (secondary N) is 1. The summed E-state index contributed by atoms with van der Waals surface area (Å²) in [5.41, 5.74) is 0. The molecule has 0 amide bonds. The minimum absolute atomic E-state index is 0. The molecule has 1 atom stereocenters. The van der Waals surface area contributed by atoms with Crippen molar-refractivity contribution in [3.63, 3.8) is 0 Å². The monoisotopic (exact) mass is 211 g/mol. The van der Waals surface area contributed by atoms with E-state index in [1.54, 1.807) is 7.11 Å². The van der Waals surface area contributed by atoms with E-state index >= 15 is 0 Å². The first kappa shape index (κ1) is 15.2. The SMILES string of the molecule is COCCN[C@H](C(=O)O)C(C)C.Cl. The summed E-state index contributed by atoms with van der Waals surface area (Å²) in [6, 6.07) is -0.472. The van der Waals surface area contributed by atoms with Gasteiger partial charge in [0, 0.05) is 13.7 Å². The van der Waals surface area contributed by atoms with E-state index in [2.05, 4.69) is 5.32 Å². The highest BCUT2D eigenvalue weighted by Crippen LogP contribution is 2.00. The third-order valence-corrected chi connectivity index (χ3v) is 1.60. The first-order chi connectivity index (χ1) is 5.59. The van der Waals surface area contributed by atoms with Gasteiger partial charge < -0.3 is 15.2 Å². The fourth-order valence-electron chi connectivity index (χ4n) is 0.925. The highest BCUT2D eigenvalue weighted by atomic mass is 35.5. The lowest BCUT2D eigenvalue weighted by atomic mass is 10.1. The minimum atomic E-state index is -0.805. The highest BCUT2D eigenvalue weighted by molar-refractivity contribution is 5.85. The Labute approximate surface area is 85.1 Å². The van der Waals surface area contributed by atoms with Crippen molar-refractivity contribution >= 4 is 18.4 Å². The van der Waals surface area contributed by atoms with Gasteiger partial charge in [-0.2, -0.15) is 0 Å². The first-order valence-corrected chi connectivity index (χ1v) is 4.04. The number of rotatable bonds is 6. The van der Waals surface area contributed by atoms with Crippen molar-refractivity contribution in [2.75, 3.05) is 20.3 Å². The molecule has 80 valence electrons. The van der Waals surface area contributed by atoms with Crippen LogP contribution in [0.3, 0.4) is 0 Å². The lowest BCUT2D eigenvalue weighted by Gasteiger charge is -2.17. The Morgan fingerprint density at radius 3 is 2.38 bits per heavy atom. The predicted molar refractivity (Wildman–Crippen MR) is 53.4 cm³/mol. The number of carboxylic acids is 1. The van der Waals surface area contributed by atoms with Crippen LogP contribution in [0.5, 0.6) is 0 Å². The van der Waals surface area contributed by atoms with Crippen LogP contribution >= 0.6 is 12.4 Å². The number of carboxylic acid groups (broad SMARTS) is 1. The number of ether oxygens (including phenoxy) is 1. The van der Waals surface area contributed by atoms with Crippen LogP contribution in [0.15, 0.2) is 0 Å². The zero-order chi connectivity index (χ0) is 9.56. The number of halogens is 1. The van der Waals surface area contributed by atoms with E-state index in [1.807, 2.05) is 13.8 Å². The standard InChI is InChI=1S/C8H17NO3.ClH/c1-6(2)7(8(10)11)9-4-5-12-3;/h6-7,9H,4-5H2,1-3H3,(H,10,11);1H/t7-;/m0./s1. The Morgan fingerprint density at radius 2 is 2.08 bits per heavy atom. The van der Waals surface area contributed by atoms with Gasteiger partial charge in [-0.3, -0.25) is 4.79 Å². The zero-order valence-electron chi connectivity index (χ0n) is 8.24. The average molecular weight is 212 g/mol. The molecule has 0 fully saturated rings. The number of hydrogen-bond donors (Lipinski definition) is 2. The number of hydrogen-bond acceptors (Lipinski definition) is 3. The van der Waals surface area contributed by atoms with Crippen molar-refractivity contribution < 1.29 is 14.6 Å². The van der Waals surface area contributed by atoms with Crippen LogP contribution in [0.1, 0.15) is 13.8 Å². The number of methoxy groups -OCH3 is 1. The Morgan fingerprint density at radius 1 is 1.54 bits per heavy atom. The summed E-state index contributed by atoms with van der Waals surface area (Å²) in [7, 11) is 1.59. The lowest BCUT2D eigenvalue weighted by molar-refractivity contribution is -0.140. The summed E-state index contributed by atoms with van der Waals surface area (Å²) >= 11 is 0. The van der Waals surface area contributed by atoms with Gasteiger partial charge in [0.25, 0.3) is 0 Å². The van der Waals surface area contributed by atoms with Crippen LogP contribution in [0.4, 0.5) is 0 Å². The molecule has 0 unspecified atom stereocenters. The summed E-state index contributed by atoms with van der Waals surface area (Å²) in [6.07, 6.45) is 0. The van der Waals surface area contributed by atoms with Crippen molar-refractivity contribution in [1.29, 1.82) is 0 Å². The molecular formula is C8H18ClNO3. The third-order valence-electron chi connectivity index (χ3n) is 1.60. The smallest absolute Gasteiger partial charge is 0.320 e. The maximum atomic E-state index is 10.6. The predicted octanol–water partition coefficient (Wildman–Crippen LogP) is 0.753. The van der Waals surface area contributed by atoms with Crippen LogP contribution in [0.25, 0.3) is 0 Å². The second-order valence-corrected chi connectivity index (χ2v) is 3.01. The summed E-state index contributed by atoms with van der Waals surface area (Å²) in [6.45, 7) is 4.86. The highest BCUT2D eigenvalue weighted by Gasteiger charge is 2.19. The van der Waals surface area contributed by atoms with Crippen LogP contribution in [-0.4, -0.2) is 37.4 Å². The topological polar surface area (TPSA) is 58.6 Å². The van der Waals surface area contributed by atoms with Crippen molar-refractivity contribution in [2.24, 2.45) is 5.92 Å². The second-order valence-electron chi connectivity index (χ2n) is 3.01. The molecule has 0 aromatic rings. The zero-order valence-corrected chi connectivity index (χ0v) is 9.06. The average Bonchev–Trinajstić information content (AvgIpc) is 1.96. The third kappa shape index (κ3) is 6.81. The molecule has 0 spiro atoms. The van der Waals surface area contributed by atoms with E-state index in [1.165, 1.54) is 0 Å².